The molecular formula is C13H13N. The van der Waals surface area contributed by atoms with Gasteiger partial charge in [0.05, 0.1) is 5.69 Å². The van der Waals surface area contributed by atoms with E-state index in [9.17, 15) is 0 Å². The lowest BCUT2D eigenvalue weighted by Gasteiger charge is -2.06. The monoisotopic (exact) mass is 186 g/mol. The van der Waals surface area contributed by atoms with Crippen molar-refractivity contribution in [1.82, 2.24) is 4.98 Å². The van der Waals surface area contributed by atoms with Crippen LogP contribution in [0.1, 0.15) is 15.2 Å². The lowest BCUT2D eigenvalue weighted by atomic mass is 10.0. The Hall–Kier alpha value is -1.63. The summed E-state index contributed by atoms with van der Waals surface area (Å²) in [5.74, 6) is 0. The fraction of sp³-hybridized carbons (Fsp3) is 0.154. The lowest BCUT2D eigenvalue weighted by Crippen LogP contribution is -1.89. The first-order valence-electron chi connectivity index (χ1n) is 6.01. The molecule has 1 aromatic heterocycles. The molecule has 0 atom stereocenters. The molecule has 0 saturated carbocycles. The minimum Gasteiger partial charge on any atom is -0.256 e. The Morgan fingerprint density at radius 2 is 1.86 bits per heavy atom. The van der Waals surface area contributed by atoms with Crippen LogP contribution in [0.15, 0.2) is 42.6 Å². The fourth-order valence-corrected chi connectivity index (χ4v) is 1.46. The molecule has 0 aliphatic carbocycles. The number of rotatable bonds is 1. The molecule has 0 N–H and O–H groups in total. The molecule has 0 fully saturated rings. The van der Waals surface area contributed by atoms with Crippen molar-refractivity contribution in [3.63, 3.8) is 0 Å². The number of nitrogens with zero attached hydrogens (tertiary/aromatic N) is 1. The van der Waals surface area contributed by atoms with Crippen molar-refractivity contribution >= 4 is 0 Å². The molecule has 70 valence electrons. The average Bonchev–Trinajstić information content (AvgIpc) is 2.28. The van der Waals surface area contributed by atoms with E-state index < -0.39 is 6.85 Å². The van der Waals surface area contributed by atoms with Crippen LogP contribution in [0.3, 0.4) is 0 Å². The number of hydrogen-bond donors (Lipinski definition) is 0. The van der Waals surface area contributed by atoms with Crippen molar-refractivity contribution in [3.8, 4) is 11.3 Å². The summed E-state index contributed by atoms with van der Waals surface area (Å²) in [5, 5.41) is 0. The van der Waals surface area contributed by atoms with Crippen LogP contribution in [0.4, 0.5) is 0 Å². The highest BCUT2D eigenvalue weighted by Gasteiger charge is 2.03. The Kier molecular flexibility index (Phi) is 1.54. The van der Waals surface area contributed by atoms with E-state index in [1.807, 2.05) is 31.2 Å². The molecule has 1 nitrogen and oxygen atoms in total. The van der Waals surface area contributed by atoms with E-state index in [0.717, 1.165) is 11.1 Å². The van der Waals surface area contributed by atoms with Crippen LogP contribution in [0.5, 0.6) is 0 Å². The molecule has 0 amide bonds. The molecule has 1 heterocycles. The van der Waals surface area contributed by atoms with Crippen LogP contribution in [-0.4, -0.2) is 4.98 Å². The third-order valence-corrected chi connectivity index (χ3v) is 2.21. The molecular weight excluding hydrogens is 170 g/mol. The molecule has 14 heavy (non-hydrogen) atoms. The molecule has 0 bridgehead atoms. The molecule has 0 aliphatic heterocycles. The van der Waals surface area contributed by atoms with Gasteiger partial charge in [0.25, 0.3) is 0 Å². The third kappa shape index (κ3) is 1.53. The molecule has 0 spiro atoms. The second-order valence-electron chi connectivity index (χ2n) is 3.21. The molecule has 2 aromatic rings. The van der Waals surface area contributed by atoms with Crippen LogP contribution in [0.25, 0.3) is 11.3 Å². The Balaban J connectivity index is 2.65. The van der Waals surface area contributed by atoms with E-state index >= 15 is 0 Å². The predicted octanol–water partition coefficient (Wildman–Crippen LogP) is 3.37. The van der Waals surface area contributed by atoms with E-state index in [-0.39, 0.29) is 0 Å². The maximum atomic E-state index is 7.53. The summed E-state index contributed by atoms with van der Waals surface area (Å²) in [7, 11) is 0. The van der Waals surface area contributed by atoms with Gasteiger partial charge in [0.1, 0.15) is 0 Å². The third-order valence-electron chi connectivity index (χ3n) is 2.21. The van der Waals surface area contributed by atoms with Crippen LogP contribution in [0, 0.1) is 13.8 Å². The van der Waals surface area contributed by atoms with Crippen molar-refractivity contribution in [1.29, 1.82) is 0 Å². The van der Waals surface area contributed by atoms with Gasteiger partial charge in [-0.2, -0.15) is 0 Å². The summed E-state index contributed by atoms with van der Waals surface area (Å²) in [4.78, 5) is 4.22. The summed E-state index contributed by atoms with van der Waals surface area (Å²) >= 11 is 0. The zero-order valence-corrected chi connectivity index (χ0v) is 7.99. The number of pyridine rings is 1. The molecule has 1 heteroatoms. The van der Waals surface area contributed by atoms with Gasteiger partial charge in [-0.25, -0.2) is 0 Å². The van der Waals surface area contributed by atoms with Gasteiger partial charge in [-0.15, -0.1) is 0 Å². The maximum absolute atomic E-state index is 7.53. The maximum Gasteiger partial charge on any atom is 0.0733 e. The Morgan fingerprint density at radius 1 is 1.07 bits per heavy atom. The SMILES string of the molecule is [2H]C([2H])([2H])c1cccnc1-c1ccccc1C. The van der Waals surface area contributed by atoms with E-state index in [2.05, 4.69) is 4.98 Å². The van der Waals surface area contributed by atoms with Gasteiger partial charge in [-0.3, -0.25) is 4.98 Å². The number of aryl methyl sites for hydroxylation is 2. The first kappa shape index (κ1) is 5.97. The van der Waals surface area contributed by atoms with Crippen molar-refractivity contribution in [2.75, 3.05) is 0 Å². The van der Waals surface area contributed by atoms with Gasteiger partial charge < -0.3 is 0 Å². The van der Waals surface area contributed by atoms with Crippen molar-refractivity contribution in [2.24, 2.45) is 0 Å². The molecule has 0 saturated heterocycles. The highest BCUT2D eigenvalue weighted by atomic mass is 14.7. The molecule has 1 aromatic carbocycles. The Bertz CT molecular complexity index is 532. The smallest absolute Gasteiger partial charge is 0.0733 e. The predicted molar refractivity (Wildman–Crippen MR) is 59.1 cm³/mol. The van der Waals surface area contributed by atoms with Crippen LogP contribution in [0.2, 0.25) is 0 Å². The number of benzene rings is 1. The minimum absolute atomic E-state index is 0.300. The topological polar surface area (TPSA) is 12.9 Å². The number of aromatic nitrogens is 1. The van der Waals surface area contributed by atoms with Crippen LogP contribution < -0.4 is 0 Å². The average molecular weight is 186 g/mol. The minimum atomic E-state index is -2.13. The summed E-state index contributed by atoms with van der Waals surface area (Å²) in [5.41, 5.74) is 2.75. The van der Waals surface area contributed by atoms with Crippen molar-refractivity contribution in [3.05, 3.63) is 53.7 Å². The second kappa shape index (κ2) is 3.62. The first-order valence-corrected chi connectivity index (χ1v) is 4.51. The summed E-state index contributed by atoms with van der Waals surface area (Å²) in [6, 6.07) is 10.9. The van der Waals surface area contributed by atoms with Gasteiger partial charge >= 0.3 is 0 Å². The summed E-state index contributed by atoms with van der Waals surface area (Å²) in [6.07, 6.45) is 1.62. The van der Waals surface area contributed by atoms with Gasteiger partial charge in [-0.1, -0.05) is 30.3 Å². The Labute approximate surface area is 88.7 Å². The molecule has 2 rings (SSSR count). The standard InChI is InChI=1S/C13H13N/c1-10-6-3-4-8-12(10)13-11(2)7-5-9-14-13/h3-9H,1-2H3/i2D3. The largest absolute Gasteiger partial charge is 0.256 e. The fourth-order valence-electron chi connectivity index (χ4n) is 1.46. The van der Waals surface area contributed by atoms with Crippen LogP contribution in [-0.2, 0) is 0 Å². The van der Waals surface area contributed by atoms with Gasteiger partial charge in [-0.05, 0) is 31.0 Å². The van der Waals surface area contributed by atoms with Crippen molar-refractivity contribution in [2.45, 2.75) is 13.8 Å². The number of hydrogen-bond acceptors (Lipinski definition) is 1. The van der Waals surface area contributed by atoms with E-state index in [4.69, 9.17) is 4.11 Å². The lowest BCUT2D eigenvalue weighted by molar-refractivity contribution is 1.26. The van der Waals surface area contributed by atoms with Gasteiger partial charge in [0, 0.05) is 15.9 Å². The van der Waals surface area contributed by atoms with Gasteiger partial charge in [0.2, 0.25) is 0 Å². The second-order valence-corrected chi connectivity index (χ2v) is 3.21. The molecule has 0 unspecified atom stereocenters. The van der Waals surface area contributed by atoms with E-state index in [1.54, 1.807) is 18.3 Å². The highest BCUT2D eigenvalue weighted by molar-refractivity contribution is 5.66. The molecule has 0 radical (unpaired) electrons. The summed E-state index contributed by atoms with van der Waals surface area (Å²) in [6.45, 7) is -0.181. The normalized spacial score (nSPS) is 14.2. The zero-order chi connectivity index (χ0) is 12.5. The Morgan fingerprint density at radius 3 is 2.64 bits per heavy atom. The summed E-state index contributed by atoms with van der Waals surface area (Å²) < 4.78 is 22.6. The first-order chi connectivity index (χ1) is 8.00. The van der Waals surface area contributed by atoms with Crippen molar-refractivity contribution < 1.29 is 4.11 Å². The van der Waals surface area contributed by atoms with E-state index in [1.165, 1.54) is 0 Å². The molecule has 0 aliphatic rings. The van der Waals surface area contributed by atoms with E-state index in [0.29, 0.717) is 11.3 Å². The van der Waals surface area contributed by atoms with Crippen LogP contribution >= 0.6 is 0 Å². The zero-order valence-electron chi connectivity index (χ0n) is 11.0. The quantitative estimate of drug-likeness (QED) is 0.665. The highest BCUT2D eigenvalue weighted by Crippen LogP contribution is 2.23. The van der Waals surface area contributed by atoms with Gasteiger partial charge in [0.15, 0.2) is 0 Å².